The molecule has 0 saturated carbocycles. The second kappa shape index (κ2) is 3.65. The lowest BCUT2D eigenvalue weighted by molar-refractivity contribution is 0.400. The Labute approximate surface area is 88.3 Å². The first kappa shape index (κ1) is 9.58. The molecule has 78 valence electrons. The Morgan fingerprint density at radius 3 is 2.67 bits per heavy atom. The van der Waals surface area contributed by atoms with Gasteiger partial charge in [0.15, 0.2) is 5.82 Å². The molecule has 2 N–H and O–H groups in total. The Balaban J connectivity index is 2.54. The fraction of sp³-hybridized carbons (Fsp3) is 0.182. The summed E-state index contributed by atoms with van der Waals surface area (Å²) < 4.78 is 6.50. The monoisotopic (exact) mass is 203 g/mol. The molecule has 0 saturated heterocycles. The van der Waals surface area contributed by atoms with E-state index in [2.05, 4.69) is 4.98 Å². The minimum atomic E-state index is 0.524. The summed E-state index contributed by atoms with van der Waals surface area (Å²) in [6, 6.07) is 7.96. The van der Waals surface area contributed by atoms with Crippen LogP contribution >= 0.6 is 0 Å². The maximum atomic E-state index is 5.79. The molecule has 0 atom stereocenters. The standard InChI is InChI=1S/C11H13N3O/c1-8-5-3-4-6-9(8)11-13-10(15-2)7-14(11)12/h3-7H,12H2,1-2H3. The molecule has 4 heteroatoms. The molecule has 0 unspecified atom stereocenters. The van der Waals surface area contributed by atoms with Crippen molar-refractivity contribution in [2.45, 2.75) is 6.92 Å². The molecule has 4 nitrogen and oxygen atoms in total. The maximum absolute atomic E-state index is 5.79. The molecule has 0 radical (unpaired) electrons. The molecule has 1 aromatic heterocycles. The first-order chi connectivity index (χ1) is 7.22. The third-order valence-corrected chi connectivity index (χ3v) is 2.31. The van der Waals surface area contributed by atoms with Gasteiger partial charge in [0, 0.05) is 5.56 Å². The number of aromatic nitrogens is 2. The summed E-state index contributed by atoms with van der Waals surface area (Å²) in [4.78, 5) is 4.28. The molecule has 0 bridgehead atoms. The molecule has 0 aliphatic rings. The van der Waals surface area contributed by atoms with Gasteiger partial charge in [0.1, 0.15) is 0 Å². The number of nitrogens with two attached hydrogens (primary N) is 1. The van der Waals surface area contributed by atoms with E-state index in [9.17, 15) is 0 Å². The van der Waals surface area contributed by atoms with Gasteiger partial charge in [-0.2, -0.15) is 4.98 Å². The van der Waals surface area contributed by atoms with Crippen molar-refractivity contribution in [3.63, 3.8) is 0 Å². The van der Waals surface area contributed by atoms with Crippen LogP contribution in [-0.2, 0) is 0 Å². The lowest BCUT2D eigenvalue weighted by Crippen LogP contribution is -2.08. The number of nitrogen functional groups attached to an aromatic ring is 1. The Morgan fingerprint density at radius 2 is 2.07 bits per heavy atom. The summed E-state index contributed by atoms with van der Waals surface area (Å²) in [5.41, 5.74) is 2.15. The summed E-state index contributed by atoms with van der Waals surface area (Å²) in [6.45, 7) is 2.02. The summed E-state index contributed by atoms with van der Waals surface area (Å²) in [5, 5.41) is 0. The van der Waals surface area contributed by atoms with Gasteiger partial charge >= 0.3 is 0 Å². The van der Waals surface area contributed by atoms with Crippen LogP contribution in [0.2, 0.25) is 0 Å². The second-order valence-electron chi connectivity index (χ2n) is 3.33. The molecular weight excluding hydrogens is 190 g/mol. The fourth-order valence-corrected chi connectivity index (χ4v) is 1.49. The highest BCUT2D eigenvalue weighted by atomic mass is 16.5. The SMILES string of the molecule is COc1cn(N)c(-c2ccccc2C)n1. The van der Waals surface area contributed by atoms with Gasteiger partial charge in [0.05, 0.1) is 13.3 Å². The van der Waals surface area contributed by atoms with E-state index in [1.54, 1.807) is 13.3 Å². The molecule has 2 rings (SSSR count). The van der Waals surface area contributed by atoms with E-state index in [-0.39, 0.29) is 0 Å². The number of aryl methyl sites for hydroxylation is 1. The number of methoxy groups -OCH3 is 1. The van der Waals surface area contributed by atoms with Crippen molar-refractivity contribution in [2.75, 3.05) is 13.0 Å². The van der Waals surface area contributed by atoms with Gasteiger partial charge in [0.25, 0.3) is 0 Å². The number of hydrogen-bond donors (Lipinski definition) is 1. The van der Waals surface area contributed by atoms with Crippen LogP contribution < -0.4 is 10.6 Å². The van der Waals surface area contributed by atoms with Crippen LogP contribution in [0.25, 0.3) is 11.4 Å². The van der Waals surface area contributed by atoms with Crippen molar-refractivity contribution in [3.05, 3.63) is 36.0 Å². The first-order valence-corrected chi connectivity index (χ1v) is 4.67. The van der Waals surface area contributed by atoms with E-state index >= 15 is 0 Å². The molecule has 1 aromatic carbocycles. The third kappa shape index (κ3) is 1.66. The largest absolute Gasteiger partial charge is 0.480 e. The van der Waals surface area contributed by atoms with E-state index < -0.39 is 0 Å². The highest BCUT2D eigenvalue weighted by molar-refractivity contribution is 5.61. The number of rotatable bonds is 2. The summed E-state index contributed by atoms with van der Waals surface area (Å²) in [6.07, 6.45) is 1.65. The predicted molar refractivity (Wildman–Crippen MR) is 59.1 cm³/mol. The van der Waals surface area contributed by atoms with E-state index in [1.807, 2.05) is 31.2 Å². The predicted octanol–water partition coefficient (Wildman–Crippen LogP) is 1.58. The zero-order valence-corrected chi connectivity index (χ0v) is 8.77. The number of imidazole rings is 1. The summed E-state index contributed by atoms with van der Waals surface area (Å²) in [5.74, 6) is 7.03. The highest BCUT2D eigenvalue weighted by Gasteiger charge is 2.09. The van der Waals surface area contributed by atoms with Gasteiger partial charge in [-0.05, 0) is 12.5 Å². The van der Waals surface area contributed by atoms with Crippen molar-refractivity contribution >= 4 is 0 Å². The van der Waals surface area contributed by atoms with Crippen LogP contribution in [0.15, 0.2) is 30.5 Å². The number of hydrogen-bond acceptors (Lipinski definition) is 3. The van der Waals surface area contributed by atoms with Crippen molar-refractivity contribution < 1.29 is 4.74 Å². The highest BCUT2D eigenvalue weighted by Crippen LogP contribution is 2.23. The van der Waals surface area contributed by atoms with Crippen molar-refractivity contribution in [2.24, 2.45) is 0 Å². The maximum Gasteiger partial charge on any atom is 0.234 e. The van der Waals surface area contributed by atoms with E-state index in [0.29, 0.717) is 11.7 Å². The molecule has 0 amide bonds. The van der Waals surface area contributed by atoms with Gasteiger partial charge in [0.2, 0.25) is 5.88 Å². The van der Waals surface area contributed by atoms with Gasteiger partial charge in [-0.1, -0.05) is 24.3 Å². The third-order valence-electron chi connectivity index (χ3n) is 2.31. The van der Waals surface area contributed by atoms with Crippen molar-refractivity contribution in [1.82, 2.24) is 9.66 Å². The molecule has 15 heavy (non-hydrogen) atoms. The van der Waals surface area contributed by atoms with Gasteiger partial charge in [-0.15, -0.1) is 0 Å². The molecule has 2 aromatic rings. The smallest absolute Gasteiger partial charge is 0.234 e. The van der Waals surface area contributed by atoms with Crippen LogP contribution in [0.4, 0.5) is 0 Å². The summed E-state index contributed by atoms with van der Waals surface area (Å²) >= 11 is 0. The van der Waals surface area contributed by atoms with E-state index in [0.717, 1.165) is 11.1 Å². The first-order valence-electron chi connectivity index (χ1n) is 4.67. The number of ether oxygens (including phenoxy) is 1. The quantitative estimate of drug-likeness (QED) is 0.754. The van der Waals surface area contributed by atoms with Gasteiger partial charge in [-0.25, -0.2) is 4.68 Å². The Hall–Kier alpha value is -1.97. The van der Waals surface area contributed by atoms with Crippen molar-refractivity contribution in [1.29, 1.82) is 0 Å². The molecule has 0 fully saturated rings. The molecular formula is C11H13N3O. The average molecular weight is 203 g/mol. The zero-order valence-electron chi connectivity index (χ0n) is 8.77. The van der Waals surface area contributed by atoms with Crippen molar-refractivity contribution in [3.8, 4) is 17.3 Å². The topological polar surface area (TPSA) is 53.1 Å². The molecule has 0 aliphatic carbocycles. The Kier molecular flexibility index (Phi) is 2.33. The molecule has 0 aliphatic heterocycles. The number of nitrogens with zero attached hydrogens (tertiary/aromatic N) is 2. The minimum Gasteiger partial charge on any atom is -0.480 e. The average Bonchev–Trinajstić information content (AvgIpc) is 2.60. The molecule has 0 spiro atoms. The van der Waals surface area contributed by atoms with Crippen LogP contribution in [0.5, 0.6) is 5.88 Å². The van der Waals surface area contributed by atoms with Crippen LogP contribution in [0.3, 0.4) is 0 Å². The normalized spacial score (nSPS) is 10.3. The van der Waals surface area contributed by atoms with Gasteiger partial charge < -0.3 is 10.6 Å². The zero-order chi connectivity index (χ0) is 10.8. The summed E-state index contributed by atoms with van der Waals surface area (Å²) in [7, 11) is 1.57. The Morgan fingerprint density at radius 1 is 1.33 bits per heavy atom. The minimum absolute atomic E-state index is 0.524. The van der Waals surface area contributed by atoms with Crippen LogP contribution in [0.1, 0.15) is 5.56 Å². The van der Waals surface area contributed by atoms with E-state index in [1.165, 1.54) is 4.68 Å². The van der Waals surface area contributed by atoms with E-state index in [4.69, 9.17) is 10.6 Å². The van der Waals surface area contributed by atoms with Crippen LogP contribution in [0, 0.1) is 6.92 Å². The number of benzene rings is 1. The van der Waals surface area contributed by atoms with Gasteiger partial charge in [-0.3, -0.25) is 0 Å². The lowest BCUT2D eigenvalue weighted by atomic mass is 10.1. The second-order valence-corrected chi connectivity index (χ2v) is 3.33. The van der Waals surface area contributed by atoms with Crippen LogP contribution in [-0.4, -0.2) is 16.8 Å². The molecule has 1 heterocycles. The fourth-order valence-electron chi connectivity index (χ4n) is 1.49. The lowest BCUT2D eigenvalue weighted by Gasteiger charge is -2.03. The Bertz CT molecular complexity index is 476.